The van der Waals surface area contributed by atoms with Crippen LogP contribution in [0.3, 0.4) is 0 Å². The number of hydrogen-bond donors (Lipinski definition) is 3. The van der Waals surface area contributed by atoms with E-state index in [9.17, 15) is 19.7 Å². The highest BCUT2D eigenvalue weighted by molar-refractivity contribution is 6.37. The number of aromatic amines is 1. The monoisotopic (exact) mass is 548 g/mol. The van der Waals surface area contributed by atoms with Crippen LogP contribution in [0.1, 0.15) is 35.4 Å². The third-order valence-corrected chi connectivity index (χ3v) is 7.45. The van der Waals surface area contributed by atoms with Crippen molar-refractivity contribution in [1.82, 2.24) is 14.9 Å². The van der Waals surface area contributed by atoms with Crippen molar-refractivity contribution >= 4 is 40.1 Å². The molecular formula is C31H28N6O4. The Labute approximate surface area is 236 Å². The number of rotatable bonds is 8. The predicted octanol–water partition coefficient (Wildman–Crippen LogP) is 5.39. The van der Waals surface area contributed by atoms with Gasteiger partial charge in [-0.15, -0.1) is 0 Å². The van der Waals surface area contributed by atoms with E-state index in [0.717, 1.165) is 53.3 Å². The number of benzene rings is 3. The zero-order chi connectivity index (χ0) is 28.5. The zero-order valence-electron chi connectivity index (χ0n) is 22.4. The Morgan fingerprint density at radius 3 is 2.51 bits per heavy atom. The van der Waals surface area contributed by atoms with Gasteiger partial charge in [0.1, 0.15) is 5.82 Å². The first-order chi connectivity index (χ1) is 19.9. The van der Waals surface area contributed by atoms with Gasteiger partial charge >= 0.3 is 0 Å². The molecule has 3 aromatic carbocycles. The quantitative estimate of drug-likeness (QED) is 0.154. The van der Waals surface area contributed by atoms with Gasteiger partial charge in [-0.1, -0.05) is 36.4 Å². The number of aromatic nitrogens is 2. The van der Waals surface area contributed by atoms with Gasteiger partial charge in [0.05, 0.1) is 21.9 Å². The summed E-state index contributed by atoms with van der Waals surface area (Å²) in [4.78, 5) is 45.8. The number of hydrogen-bond acceptors (Lipinski definition) is 6. The van der Waals surface area contributed by atoms with Crippen molar-refractivity contribution in [3.05, 3.63) is 106 Å². The highest BCUT2D eigenvalue weighted by Crippen LogP contribution is 2.39. The van der Waals surface area contributed by atoms with Crippen LogP contribution in [0.5, 0.6) is 0 Å². The second kappa shape index (κ2) is 10.7. The van der Waals surface area contributed by atoms with E-state index in [1.807, 2.05) is 66.6 Å². The van der Waals surface area contributed by atoms with Gasteiger partial charge < -0.3 is 20.5 Å². The molecule has 2 aliphatic rings. The maximum absolute atomic E-state index is 13.3. The summed E-state index contributed by atoms with van der Waals surface area (Å²) in [5.74, 6) is 0.680. The number of imidazole rings is 1. The molecule has 0 saturated carbocycles. The number of nitro groups is 1. The van der Waals surface area contributed by atoms with Gasteiger partial charge in [-0.05, 0) is 49.1 Å². The smallest absolute Gasteiger partial charge is 0.270 e. The van der Waals surface area contributed by atoms with E-state index >= 15 is 0 Å². The van der Waals surface area contributed by atoms with E-state index in [-0.39, 0.29) is 17.5 Å². The van der Waals surface area contributed by atoms with E-state index in [2.05, 4.69) is 20.6 Å². The fraction of sp³-hybridized carbons (Fsp3) is 0.194. The molecule has 10 nitrogen and oxygen atoms in total. The number of carbonyl (C=O) groups excluding carboxylic acids is 2. The Bertz CT molecular complexity index is 1690. The number of aryl methyl sites for hydroxylation is 1. The van der Waals surface area contributed by atoms with Gasteiger partial charge in [-0.3, -0.25) is 19.7 Å². The number of H-pyrrole nitrogens is 1. The molecule has 3 N–H and O–H groups in total. The lowest BCUT2D eigenvalue weighted by Crippen LogP contribution is -2.26. The number of non-ortho nitro benzene ring substituents is 1. The van der Waals surface area contributed by atoms with Crippen LogP contribution in [0, 0.1) is 17.0 Å². The van der Waals surface area contributed by atoms with Gasteiger partial charge in [0.25, 0.3) is 11.6 Å². The summed E-state index contributed by atoms with van der Waals surface area (Å²) in [5, 5.41) is 17.8. The number of amides is 2. The van der Waals surface area contributed by atoms with Gasteiger partial charge in [-0.25, -0.2) is 4.98 Å². The Hall–Kier alpha value is -5.25. The molecule has 1 fully saturated rings. The Kier molecular flexibility index (Phi) is 6.80. The largest absolute Gasteiger partial charge is 0.354 e. The molecule has 2 aliphatic heterocycles. The third kappa shape index (κ3) is 5.31. The van der Waals surface area contributed by atoms with Crippen molar-refractivity contribution in [2.24, 2.45) is 0 Å². The highest BCUT2D eigenvalue weighted by atomic mass is 16.6. The maximum atomic E-state index is 13.3. The summed E-state index contributed by atoms with van der Waals surface area (Å²) in [5.41, 5.74) is 6.08. The molecule has 6 rings (SSSR count). The summed E-state index contributed by atoms with van der Waals surface area (Å²) in [6.07, 6.45) is 4.10. The first-order valence-corrected chi connectivity index (χ1v) is 13.5. The van der Waals surface area contributed by atoms with Gasteiger partial charge in [0, 0.05) is 60.3 Å². The molecule has 3 heterocycles. The van der Waals surface area contributed by atoms with Gasteiger partial charge in [-0.2, -0.15) is 0 Å². The first kappa shape index (κ1) is 26.0. The molecule has 0 atom stereocenters. The number of nitro benzene ring substituents is 1. The minimum absolute atomic E-state index is 0.0949. The number of carbonyl (C=O) groups is 2. The lowest BCUT2D eigenvalue weighted by atomic mass is 9.98. The van der Waals surface area contributed by atoms with Crippen LogP contribution >= 0.6 is 0 Å². The molecule has 41 heavy (non-hydrogen) atoms. The average molecular weight is 549 g/mol. The van der Waals surface area contributed by atoms with Crippen LogP contribution < -0.4 is 10.6 Å². The summed E-state index contributed by atoms with van der Waals surface area (Å²) in [6, 6.07) is 19.9. The van der Waals surface area contributed by atoms with E-state index in [1.165, 1.54) is 12.1 Å². The Morgan fingerprint density at radius 1 is 1.07 bits per heavy atom. The molecule has 0 radical (unpaired) electrons. The summed E-state index contributed by atoms with van der Waals surface area (Å²) in [6.45, 7) is 3.37. The molecule has 0 unspecified atom stereocenters. The second-order valence-electron chi connectivity index (χ2n) is 10.2. The molecule has 206 valence electrons. The normalized spacial score (nSPS) is 15.6. The molecule has 2 amide bonds. The maximum Gasteiger partial charge on any atom is 0.270 e. The minimum Gasteiger partial charge on any atom is -0.354 e. The fourth-order valence-electron chi connectivity index (χ4n) is 5.27. The number of anilines is 2. The van der Waals surface area contributed by atoms with Crippen molar-refractivity contribution in [2.75, 3.05) is 23.7 Å². The van der Waals surface area contributed by atoms with E-state index in [0.29, 0.717) is 35.5 Å². The molecule has 0 aliphatic carbocycles. The molecule has 1 aromatic heterocycles. The van der Waals surface area contributed by atoms with Gasteiger partial charge in [0.2, 0.25) is 5.91 Å². The van der Waals surface area contributed by atoms with Crippen LogP contribution in [-0.2, 0) is 16.0 Å². The second-order valence-corrected chi connectivity index (χ2v) is 10.2. The van der Waals surface area contributed by atoms with Crippen LogP contribution in [0.25, 0.3) is 22.5 Å². The SMILES string of the molecule is Cc1nc(-c2ccc(NC(=C3C(=O)Nc4ccc([N+](=O)[O-])cc43)c3ccc(CCN4CCCC4=O)cc3)cc2)c[nH]1. The van der Waals surface area contributed by atoms with Crippen molar-refractivity contribution in [3.8, 4) is 11.3 Å². The molecule has 10 heteroatoms. The Balaban J connectivity index is 1.36. The lowest BCUT2D eigenvalue weighted by molar-refractivity contribution is -0.384. The topological polar surface area (TPSA) is 133 Å². The number of nitrogens with zero attached hydrogens (tertiary/aromatic N) is 3. The molecule has 4 aromatic rings. The number of likely N-dealkylation sites (tertiary alicyclic amines) is 1. The minimum atomic E-state index is -0.469. The fourth-order valence-corrected chi connectivity index (χ4v) is 5.27. The molecular weight excluding hydrogens is 520 g/mol. The van der Waals surface area contributed by atoms with E-state index < -0.39 is 4.92 Å². The van der Waals surface area contributed by atoms with Gasteiger partial charge in [0.15, 0.2) is 0 Å². The van der Waals surface area contributed by atoms with Crippen LogP contribution in [0.2, 0.25) is 0 Å². The summed E-state index contributed by atoms with van der Waals surface area (Å²) in [7, 11) is 0. The number of fused-ring (bicyclic) bond motifs is 1. The Morgan fingerprint density at radius 2 is 1.85 bits per heavy atom. The summed E-state index contributed by atoms with van der Waals surface area (Å²) < 4.78 is 0. The van der Waals surface area contributed by atoms with E-state index in [1.54, 1.807) is 6.07 Å². The predicted molar refractivity (Wildman–Crippen MR) is 157 cm³/mol. The van der Waals surface area contributed by atoms with Crippen LogP contribution in [0.15, 0.2) is 72.9 Å². The highest BCUT2D eigenvalue weighted by Gasteiger charge is 2.30. The van der Waals surface area contributed by atoms with Crippen LogP contribution in [-0.4, -0.2) is 44.7 Å². The van der Waals surface area contributed by atoms with E-state index in [4.69, 9.17) is 0 Å². The zero-order valence-corrected chi connectivity index (χ0v) is 22.4. The van der Waals surface area contributed by atoms with Crippen LogP contribution in [0.4, 0.5) is 17.1 Å². The molecule has 0 spiro atoms. The summed E-state index contributed by atoms with van der Waals surface area (Å²) >= 11 is 0. The molecule has 0 bridgehead atoms. The van der Waals surface area contributed by atoms with Crippen molar-refractivity contribution in [2.45, 2.75) is 26.2 Å². The standard InChI is InChI=1S/C31H28N6O4/c1-19-32-18-27(33-19)21-8-10-23(11-9-21)34-30(29-25-17-24(37(40)41)12-13-26(25)35-31(29)39)22-6-4-20(5-7-22)14-16-36-15-2-3-28(36)38/h4-13,17-18,34H,2-3,14-16H2,1H3,(H,32,33)(H,35,39). The van der Waals surface area contributed by atoms with Crippen molar-refractivity contribution in [1.29, 1.82) is 0 Å². The lowest BCUT2D eigenvalue weighted by Gasteiger charge is -2.17. The molecule has 1 saturated heterocycles. The first-order valence-electron chi connectivity index (χ1n) is 13.5. The average Bonchev–Trinajstić information content (AvgIpc) is 3.68. The third-order valence-electron chi connectivity index (χ3n) is 7.45. The number of nitrogens with one attached hydrogen (secondary N) is 3. The van der Waals surface area contributed by atoms with Crippen molar-refractivity contribution < 1.29 is 14.5 Å². The van der Waals surface area contributed by atoms with Crippen molar-refractivity contribution in [3.63, 3.8) is 0 Å².